The van der Waals surface area contributed by atoms with E-state index in [0.717, 1.165) is 31.1 Å². The lowest BCUT2D eigenvalue weighted by Gasteiger charge is -2.32. The van der Waals surface area contributed by atoms with Gasteiger partial charge in [-0.3, -0.25) is 14.5 Å². The standard InChI is InChI=1S/C24H33N3O3.C2H6/c1-25(13-6-9-23(28)30-3)24(29)17-10-11-21-19(15-17)20-16-27(18-7-4-5-8-18)14-12-22(20)26(21)2;1-2/h10-11,15,18H,4-9,12-14,16H2,1-3H3;1-2H3. The molecule has 6 nitrogen and oxygen atoms in total. The number of nitrogens with zero attached hydrogens (tertiary/aromatic N) is 3. The van der Waals surface area contributed by atoms with Crippen LogP contribution in [0.1, 0.15) is 74.0 Å². The second kappa shape index (κ2) is 11.0. The third-order valence-electron chi connectivity index (χ3n) is 6.97. The Morgan fingerprint density at radius 1 is 1.19 bits per heavy atom. The number of hydrogen-bond donors (Lipinski definition) is 0. The third-order valence-corrected chi connectivity index (χ3v) is 6.97. The number of rotatable bonds is 6. The van der Waals surface area contributed by atoms with Crippen molar-refractivity contribution in [3.05, 3.63) is 35.0 Å². The fraction of sp³-hybridized carbons (Fsp3) is 0.615. The molecule has 0 radical (unpaired) electrons. The first-order valence-corrected chi connectivity index (χ1v) is 12.2. The Labute approximate surface area is 192 Å². The molecular formula is C26H39N3O3. The molecule has 0 atom stereocenters. The monoisotopic (exact) mass is 441 g/mol. The number of carbonyl (C=O) groups excluding carboxylic acids is 2. The summed E-state index contributed by atoms with van der Waals surface area (Å²) in [5.74, 6) is -0.233. The lowest BCUT2D eigenvalue weighted by Crippen LogP contribution is -2.37. The van der Waals surface area contributed by atoms with Crippen LogP contribution in [0.4, 0.5) is 0 Å². The smallest absolute Gasteiger partial charge is 0.305 e. The molecule has 0 bridgehead atoms. The Bertz CT molecular complexity index is 943. The average Bonchev–Trinajstić information content (AvgIpc) is 3.46. The van der Waals surface area contributed by atoms with Crippen LogP contribution in [0.15, 0.2) is 18.2 Å². The van der Waals surface area contributed by atoms with E-state index in [-0.39, 0.29) is 11.9 Å². The Kier molecular flexibility index (Phi) is 8.35. The van der Waals surface area contributed by atoms with Crippen molar-refractivity contribution in [2.45, 2.75) is 71.4 Å². The van der Waals surface area contributed by atoms with Crippen LogP contribution in [0, 0.1) is 0 Å². The quantitative estimate of drug-likeness (QED) is 0.618. The van der Waals surface area contributed by atoms with Crippen molar-refractivity contribution in [3.63, 3.8) is 0 Å². The van der Waals surface area contributed by atoms with E-state index < -0.39 is 0 Å². The van der Waals surface area contributed by atoms with Crippen molar-refractivity contribution in [2.24, 2.45) is 7.05 Å². The summed E-state index contributed by atoms with van der Waals surface area (Å²) in [6, 6.07) is 6.81. The summed E-state index contributed by atoms with van der Waals surface area (Å²) in [4.78, 5) is 28.6. The SMILES string of the molecule is CC.COC(=O)CCCN(C)C(=O)c1ccc2c(c1)c1c(n2C)CCN(C2CCCC2)C1. The van der Waals surface area contributed by atoms with E-state index in [1.165, 1.54) is 55.0 Å². The van der Waals surface area contributed by atoms with Crippen LogP contribution in [-0.4, -0.2) is 59.5 Å². The van der Waals surface area contributed by atoms with Gasteiger partial charge >= 0.3 is 5.97 Å². The molecule has 1 aromatic heterocycles. The van der Waals surface area contributed by atoms with E-state index in [1.54, 1.807) is 11.9 Å². The molecule has 0 spiro atoms. The first kappa shape index (κ1) is 24.3. The highest BCUT2D eigenvalue weighted by atomic mass is 16.5. The maximum Gasteiger partial charge on any atom is 0.305 e. The molecule has 1 aliphatic heterocycles. The normalized spacial score (nSPS) is 16.4. The fourth-order valence-corrected chi connectivity index (χ4v) is 5.20. The first-order chi connectivity index (χ1) is 15.5. The van der Waals surface area contributed by atoms with E-state index in [4.69, 9.17) is 0 Å². The van der Waals surface area contributed by atoms with Gasteiger partial charge in [0.2, 0.25) is 0 Å². The Morgan fingerprint density at radius 2 is 1.91 bits per heavy atom. The maximum absolute atomic E-state index is 13.0. The molecular weight excluding hydrogens is 402 g/mol. The summed E-state index contributed by atoms with van der Waals surface area (Å²) in [7, 11) is 5.33. The van der Waals surface area contributed by atoms with Crippen LogP contribution in [0.2, 0.25) is 0 Å². The number of carbonyl (C=O) groups is 2. The highest BCUT2D eigenvalue weighted by molar-refractivity contribution is 5.99. The molecule has 1 fully saturated rings. The number of methoxy groups -OCH3 is 1. The molecule has 0 saturated heterocycles. The van der Waals surface area contributed by atoms with Crippen LogP contribution < -0.4 is 0 Å². The van der Waals surface area contributed by atoms with E-state index in [0.29, 0.717) is 19.4 Å². The summed E-state index contributed by atoms with van der Waals surface area (Å²) in [5.41, 5.74) is 4.73. The van der Waals surface area contributed by atoms with Gasteiger partial charge in [0, 0.05) is 74.8 Å². The van der Waals surface area contributed by atoms with E-state index in [2.05, 4.69) is 33.4 Å². The van der Waals surface area contributed by atoms with Crippen molar-refractivity contribution < 1.29 is 14.3 Å². The molecule has 0 N–H and O–H groups in total. The Hall–Kier alpha value is -2.34. The van der Waals surface area contributed by atoms with Crippen molar-refractivity contribution in [2.75, 3.05) is 27.2 Å². The van der Waals surface area contributed by atoms with Gasteiger partial charge in [0.1, 0.15) is 0 Å². The van der Waals surface area contributed by atoms with E-state index in [9.17, 15) is 9.59 Å². The van der Waals surface area contributed by atoms with Gasteiger partial charge in [0.15, 0.2) is 0 Å². The third kappa shape index (κ3) is 5.01. The van der Waals surface area contributed by atoms with Gasteiger partial charge in [-0.15, -0.1) is 0 Å². The zero-order valence-electron chi connectivity index (χ0n) is 20.4. The molecule has 176 valence electrons. The zero-order valence-corrected chi connectivity index (χ0v) is 20.4. The van der Waals surface area contributed by atoms with Gasteiger partial charge in [0.25, 0.3) is 5.91 Å². The molecule has 6 heteroatoms. The van der Waals surface area contributed by atoms with E-state index in [1.807, 2.05) is 19.9 Å². The average molecular weight is 442 g/mol. The minimum atomic E-state index is -0.236. The molecule has 1 aromatic carbocycles. The largest absolute Gasteiger partial charge is 0.469 e. The number of aryl methyl sites for hydroxylation is 1. The summed E-state index contributed by atoms with van der Waals surface area (Å²) in [6.07, 6.45) is 7.35. The number of amides is 1. The lowest BCUT2D eigenvalue weighted by molar-refractivity contribution is -0.140. The number of aromatic nitrogens is 1. The van der Waals surface area contributed by atoms with Gasteiger partial charge < -0.3 is 14.2 Å². The summed E-state index contributed by atoms with van der Waals surface area (Å²) in [5, 5.41) is 1.21. The van der Waals surface area contributed by atoms with Crippen LogP contribution in [-0.2, 0) is 29.5 Å². The van der Waals surface area contributed by atoms with Crippen LogP contribution in [0.5, 0.6) is 0 Å². The summed E-state index contributed by atoms with van der Waals surface area (Å²) < 4.78 is 6.99. The number of benzene rings is 1. The molecule has 2 aliphatic rings. The van der Waals surface area contributed by atoms with Crippen LogP contribution in [0.25, 0.3) is 10.9 Å². The predicted molar refractivity (Wildman–Crippen MR) is 129 cm³/mol. The molecule has 1 amide bonds. The topological polar surface area (TPSA) is 54.8 Å². The van der Waals surface area contributed by atoms with Gasteiger partial charge in [-0.2, -0.15) is 0 Å². The van der Waals surface area contributed by atoms with Gasteiger partial charge in [-0.1, -0.05) is 26.7 Å². The van der Waals surface area contributed by atoms with Crippen molar-refractivity contribution in [1.82, 2.24) is 14.4 Å². The summed E-state index contributed by atoms with van der Waals surface area (Å²) >= 11 is 0. The number of fused-ring (bicyclic) bond motifs is 3. The fourth-order valence-electron chi connectivity index (χ4n) is 5.20. The lowest BCUT2D eigenvalue weighted by atomic mass is 10.0. The second-order valence-corrected chi connectivity index (χ2v) is 8.78. The Morgan fingerprint density at radius 3 is 2.59 bits per heavy atom. The van der Waals surface area contributed by atoms with Crippen LogP contribution in [0.3, 0.4) is 0 Å². The van der Waals surface area contributed by atoms with Gasteiger partial charge in [0.05, 0.1) is 7.11 Å². The maximum atomic E-state index is 13.0. The molecule has 0 unspecified atom stereocenters. The number of hydrogen-bond acceptors (Lipinski definition) is 4. The second-order valence-electron chi connectivity index (χ2n) is 8.78. The minimum Gasteiger partial charge on any atom is -0.469 e. The molecule has 2 heterocycles. The van der Waals surface area contributed by atoms with Crippen molar-refractivity contribution >= 4 is 22.8 Å². The van der Waals surface area contributed by atoms with Gasteiger partial charge in [-0.05, 0) is 43.0 Å². The summed E-state index contributed by atoms with van der Waals surface area (Å²) in [6.45, 7) is 6.66. The Balaban J connectivity index is 0.00000141. The molecule has 4 rings (SSSR count). The highest BCUT2D eigenvalue weighted by Gasteiger charge is 2.29. The number of esters is 1. The van der Waals surface area contributed by atoms with Gasteiger partial charge in [-0.25, -0.2) is 0 Å². The molecule has 1 saturated carbocycles. The number of ether oxygens (including phenoxy) is 1. The predicted octanol–water partition coefficient (Wildman–Crippen LogP) is 4.53. The molecule has 1 aliphatic carbocycles. The van der Waals surface area contributed by atoms with Crippen molar-refractivity contribution in [1.29, 1.82) is 0 Å². The van der Waals surface area contributed by atoms with Crippen molar-refractivity contribution in [3.8, 4) is 0 Å². The molecule has 32 heavy (non-hydrogen) atoms. The first-order valence-electron chi connectivity index (χ1n) is 12.2. The molecule has 2 aromatic rings. The highest BCUT2D eigenvalue weighted by Crippen LogP contribution is 2.34. The van der Waals surface area contributed by atoms with E-state index >= 15 is 0 Å². The minimum absolute atomic E-state index is 0.00262. The zero-order chi connectivity index (χ0) is 23.3. The van der Waals surface area contributed by atoms with Crippen LogP contribution >= 0.6 is 0 Å².